The Morgan fingerprint density at radius 1 is 1.12 bits per heavy atom. The zero-order chi connectivity index (χ0) is 23.2. The molecular formula is C26H32N4O3. The number of nitrogens with zero attached hydrogens (tertiary/aromatic N) is 2. The fourth-order valence-electron chi connectivity index (χ4n) is 4.28. The van der Waals surface area contributed by atoms with Crippen molar-refractivity contribution in [2.45, 2.75) is 26.9 Å². The SMILES string of the molecule is Cc1cc(C)c2[nH]c(=O)c(CN(CCN3CCOCC3)C(=O)NCc3ccccc3)cc2c1. The van der Waals surface area contributed by atoms with E-state index in [2.05, 4.69) is 27.3 Å². The maximum atomic E-state index is 13.1. The van der Waals surface area contributed by atoms with E-state index in [1.807, 2.05) is 50.2 Å². The molecule has 2 amide bonds. The number of pyridine rings is 1. The molecule has 7 heteroatoms. The Hall–Kier alpha value is -3.16. The maximum absolute atomic E-state index is 13.1. The molecule has 0 bridgehead atoms. The molecular weight excluding hydrogens is 416 g/mol. The summed E-state index contributed by atoms with van der Waals surface area (Å²) in [5.74, 6) is 0. The van der Waals surface area contributed by atoms with E-state index in [1.54, 1.807) is 4.90 Å². The predicted octanol–water partition coefficient (Wildman–Crippen LogP) is 3.19. The fraction of sp³-hybridized carbons (Fsp3) is 0.385. The zero-order valence-electron chi connectivity index (χ0n) is 19.4. The van der Waals surface area contributed by atoms with Crippen LogP contribution in [0, 0.1) is 13.8 Å². The van der Waals surface area contributed by atoms with E-state index >= 15 is 0 Å². The molecule has 1 fully saturated rings. The normalized spacial score (nSPS) is 14.4. The lowest BCUT2D eigenvalue weighted by Crippen LogP contribution is -2.46. The summed E-state index contributed by atoms with van der Waals surface area (Å²) in [6.07, 6.45) is 0. The van der Waals surface area contributed by atoms with Crippen LogP contribution in [0.4, 0.5) is 4.79 Å². The first-order chi connectivity index (χ1) is 16.0. The average molecular weight is 449 g/mol. The second-order valence-corrected chi connectivity index (χ2v) is 8.69. The molecule has 1 aromatic heterocycles. The Balaban J connectivity index is 1.53. The van der Waals surface area contributed by atoms with E-state index in [4.69, 9.17) is 4.74 Å². The van der Waals surface area contributed by atoms with Crippen molar-refractivity contribution in [1.29, 1.82) is 0 Å². The minimum absolute atomic E-state index is 0.151. The zero-order valence-corrected chi connectivity index (χ0v) is 19.4. The molecule has 2 aromatic carbocycles. The number of aromatic amines is 1. The molecule has 0 aliphatic carbocycles. The smallest absolute Gasteiger partial charge is 0.318 e. The number of hydrogen-bond acceptors (Lipinski definition) is 4. The van der Waals surface area contributed by atoms with Gasteiger partial charge in [-0.05, 0) is 42.5 Å². The van der Waals surface area contributed by atoms with E-state index in [0.29, 0.717) is 31.9 Å². The molecule has 0 atom stereocenters. The first-order valence-electron chi connectivity index (χ1n) is 11.5. The Labute approximate surface area is 194 Å². The number of morpholine rings is 1. The van der Waals surface area contributed by atoms with Gasteiger partial charge in [-0.15, -0.1) is 0 Å². The van der Waals surface area contributed by atoms with Crippen molar-refractivity contribution in [3.05, 3.63) is 81.1 Å². The summed E-state index contributed by atoms with van der Waals surface area (Å²) in [6.45, 7) is 9.15. The van der Waals surface area contributed by atoms with Gasteiger partial charge in [0.25, 0.3) is 5.56 Å². The van der Waals surface area contributed by atoms with Crippen molar-refractivity contribution in [2.24, 2.45) is 0 Å². The summed E-state index contributed by atoms with van der Waals surface area (Å²) < 4.78 is 5.43. The van der Waals surface area contributed by atoms with Crippen LogP contribution in [0.15, 0.2) is 53.3 Å². The molecule has 2 N–H and O–H groups in total. The van der Waals surface area contributed by atoms with Gasteiger partial charge in [0.05, 0.1) is 25.3 Å². The van der Waals surface area contributed by atoms with Gasteiger partial charge < -0.3 is 19.9 Å². The minimum atomic E-state index is -0.174. The minimum Gasteiger partial charge on any atom is -0.379 e. The second-order valence-electron chi connectivity index (χ2n) is 8.69. The number of fused-ring (bicyclic) bond motifs is 1. The van der Waals surface area contributed by atoms with Crippen LogP contribution in [0.3, 0.4) is 0 Å². The number of aromatic nitrogens is 1. The van der Waals surface area contributed by atoms with Crippen LogP contribution >= 0.6 is 0 Å². The van der Waals surface area contributed by atoms with Crippen molar-refractivity contribution in [2.75, 3.05) is 39.4 Å². The summed E-state index contributed by atoms with van der Waals surface area (Å²) in [4.78, 5) is 33.1. The summed E-state index contributed by atoms with van der Waals surface area (Å²) in [7, 11) is 0. The number of nitrogens with one attached hydrogen (secondary N) is 2. The lowest BCUT2D eigenvalue weighted by atomic mass is 10.1. The Bertz CT molecular complexity index is 1150. The first-order valence-corrected chi connectivity index (χ1v) is 11.5. The van der Waals surface area contributed by atoms with Crippen LogP contribution in [-0.4, -0.2) is 60.2 Å². The molecule has 174 valence electrons. The van der Waals surface area contributed by atoms with Gasteiger partial charge in [0, 0.05) is 38.3 Å². The topological polar surface area (TPSA) is 77.7 Å². The van der Waals surface area contributed by atoms with Gasteiger partial charge in [-0.2, -0.15) is 0 Å². The van der Waals surface area contributed by atoms with Gasteiger partial charge in [-0.1, -0.05) is 42.0 Å². The third kappa shape index (κ3) is 6.00. The number of hydrogen-bond donors (Lipinski definition) is 2. The third-order valence-electron chi connectivity index (χ3n) is 6.10. The molecule has 3 aromatic rings. The molecule has 33 heavy (non-hydrogen) atoms. The van der Waals surface area contributed by atoms with Gasteiger partial charge in [0.2, 0.25) is 0 Å². The highest BCUT2D eigenvalue weighted by atomic mass is 16.5. The second kappa shape index (κ2) is 10.6. The lowest BCUT2D eigenvalue weighted by Gasteiger charge is -2.30. The largest absolute Gasteiger partial charge is 0.379 e. The maximum Gasteiger partial charge on any atom is 0.318 e. The Morgan fingerprint density at radius 2 is 1.88 bits per heavy atom. The van der Waals surface area contributed by atoms with E-state index in [-0.39, 0.29) is 18.1 Å². The number of urea groups is 1. The van der Waals surface area contributed by atoms with E-state index < -0.39 is 0 Å². The standard InChI is InChI=1S/C26H32N4O3/c1-19-14-20(2)24-22(15-19)16-23(25(31)28-24)18-30(9-8-29-10-12-33-13-11-29)26(32)27-17-21-6-4-3-5-7-21/h3-7,14-16H,8-13,17-18H2,1-2H3,(H,27,32)(H,28,31). The summed E-state index contributed by atoms with van der Waals surface area (Å²) in [5, 5.41) is 4.00. The van der Waals surface area contributed by atoms with E-state index in [0.717, 1.165) is 47.2 Å². The van der Waals surface area contributed by atoms with Crippen LogP contribution in [0.1, 0.15) is 22.3 Å². The molecule has 0 unspecified atom stereocenters. The summed E-state index contributed by atoms with van der Waals surface area (Å²) in [6, 6.07) is 15.7. The number of H-pyrrole nitrogens is 1. The van der Waals surface area contributed by atoms with Gasteiger partial charge in [0.1, 0.15) is 0 Å². The van der Waals surface area contributed by atoms with Gasteiger partial charge in [-0.3, -0.25) is 9.69 Å². The monoisotopic (exact) mass is 448 g/mol. The van der Waals surface area contributed by atoms with Crippen molar-refractivity contribution in [3.8, 4) is 0 Å². The van der Waals surface area contributed by atoms with Crippen LogP contribution in [0.5, 0.6) is 0 Å². The molecule has 1 aliphatic heterocycles. The number of aryl methyl sites for hydroxylation is 2. The number of benzene rings is 2. The van der Waals surface area contributed by atoms with Crippen LogP contribution in [-0.2, 0) is 17.8 Å². The number of carbonyl (C=O) groups is 1. The lowest BCUT2D eigenvalue weighted by molar-refractivity contribution is 0.0346. The average Bonchev–Trinajstić information content (AvgIpc) is 2.82. The van der Waals surface area contributed by atoms with E-state index in [9.17, 15) is 9.59 Å². The number of rotatable bonds is 7. The fourth-order valence-corrected chi connectivity index (χ4v) is 4.28. The number of amides is 2. The molecule has 1 saturated heterocycles. The highest BCUT2D eigenvalue weighted by Crippen LogP contribution is 2.18. The van der Waals surface area contributed by atoms with Crippen LogP contribution in [0.25, 0.3) is 10.9 Å². The van der Waals surface area contributed by atoms with Gasteiger partial charge in [0.15, 0.2) is 0 Å². The number of carbonyl (C=O) groups excluding carboxylic acids is 1. The first kappa shape index (κ1) is 23.0. The Kier molecular flexibility index (Phi) is 7.42. The molecule has 7 nitrogen and oxygen atoms in total. The van der Waals surface area contributed by atoms with Crippen LogP contribution in [0.2, 0.25) is 0 Å². The van der Waals surface area contributed by atoms with Crippen LogP contribution < -0.4 is 10.9 Å². The predicted molar refractivity (Wildman–Crippen MR) is 130 cm³/mol. The third-order valence-corrected chi connectivity index (χ3v) is 6.10. The van der Waals surface area contributed by atoms with Crippen molar-refractivity contribution in [3.63, 3.8) is 0 Å². The van der Waals surface area contributed by atoms with Crippen molar-refractivity contribution < 1.29 is 9.53 Å². The highest BCUT2D eigenvalue weighted by molar-refractivity contribution is 5.83. The highest BCUT2D eigenvalue weighted by Gasteiger charge is 2.19. The van der Waals surface area contributed by atoms with Crippen molar-refractivity contribution in [1.82, 2.24) is 20.1 Å². The quantitative estimate of drug-likeness (QED) is 0.582. The molecule has 1 aliphatic rings. The van der Waals surface area contributed by atoms with Gasteiger partial charge in [-0.25, -0.2) is 4.79 Å². The Morgan fingerprint density at radius 3 is 2.64 bits per heavy atom. The molecule has 4 rings (SSSR count). The van der Waals surface area contributed by atoms with E-state index in [1.165, 1.54) is 0 Å². The van der Waals surface area contributed by atoms with Crippen molar-refractivity contribution >= 4 is 16.9 Å². The molecule has 0 saturated carbocycles. The van der Waals surface area contributed by atoms with Gasteiger partial charge >= 0.3 is 6.03 Å². The molecule has 0 radical (unpaired) electrons. The summed E-state index contributed by atoms with van der Waals surface area (Å²) >= 11 is 0. The molecule has 2 heterocycles. The molecule has 0 spiro atoms. The number of ether oxygens (including phenoxy) is 1. The summed E-state index contributed by atoms with van der Waals surface area (Å²) in [5.41, 5.74) is 4.50.